The lowest BCUT2D eigenvalue weighted by Crippen LogP contribution is -2.33. The van der Waals surface area contributed by atoms with Crippen LogP contribution in [0.2, 0.25) is 0 Å². The molecule has 0 aliphatic carbocycles. The van der Waals surface area contributed by atoms with Gasteiger partial charge in [0.1, 0.15) is 0 Å². The smallest absolute Gasteiger partial charge is 0.240 e. The quantitative estimate of drug-likeness (QED) is 0.795. The monoisotopic (exact) mass is 312 g/mol. The molecule has 0 aromatic heterocycles. The molecule has 6 heteroatoms. The van der Waals surface area contributed by atoms with Gasteiger partial charge in [-0.3, -0.25) is 0 Å². The van der Waals surface area contributed by atoms with Gasteiger partial charge in [-0.15, -0.1) is 0 Å². The predicted octanol–water partition coefficient (Wildman–Crippen LogP) is 1.28. The van der Waals surface area contributed by atoms with Gasteiger partial charge in [0.2, 0.25) is 10.0 Å². The molecule has 0 spiro atoms. The van der Waals surface area contributed by atoms with E-state index in [0.29, 0.717) is 24.6 Å². The van der Waals surface area contributed by atoms with Crippen LogP contribution in [0.25, 0.3) is 0 Å². The van der Waals surface area contributed by atoms with E-state index in [1.54, 1.807) is 12.1 Å². The number of rotatable bonds is 7. The highest BCUT2D eigenvalue weighted by atomic mass is 32.2. The number of nitrogens with two attached hydrogens (primary N) is 1. The summed E-state index contributed by atoms with van der Waals surface area (Å²) in [5.74, 6) is 0.275. The molecule has 0 amide bonds. The molecule has 118 valence electrons. The summed E-state index contributed by atoms with van der Waals surface area (Å²) in [5.41, 5.74) is 6.58. The zero-order valence-electron chi connectivity index (χ0n) is 12.3. The Kier molecular flexibility index (Phi) is 6.17. The van der Waals surface area contributed by atoms with Gasteiger partial charge in [-0.1, -0.05) is 12.1 Å². The fraction of sp³-hybridized carbons (Fsp3) is 0.600. The Labute approximate surface area is 126 Å². The minimum Gasteiger partial charge on any atom is -0.381 e. The van der Waals surface area contributed by atoms with Crippen LogP contribution in [0, 0.1) is 5.92 Å². The highest BCUT2D eigenvalue weighted by molar-refractivity contribution is 7.89. The molecule has 0 radical (unpaired) electrons. The summed E-state index contributed by atoms with van der Waals surface area (Å²) in [6, 6.07) is 7.03. The third-order valence-corrected chi connectivity index (χ3v) is 5.16. The molecule has 3 N–H and O–H groups in total. The highest BCUT2D eigenvalue weighted by Gasteiger charge is 2.19. The van der Waals surface area contributed by atoms with E-state index >= 15 is 0 Å². The first kappa shape index (κ1) is 16.4. The molecule has 1 aromatic rings. The Bertz CT molecular complexity index is 522. The molecule has 1 aliphatic rings. The largest absolute Gasteiger partial charge is 0.381 e. The number of aryl methyl sites for hydroxylation is 1. The van der Waals surface area contributed by atoms with Gasteiger partial charge in [-0.25, -0.2) is 13.1 Å². The number of nitrogens with one attached hydrogen (secondary N) is 1. The summed E-state index contributed by atoms with van der Waals surface area (Å²) in [6.45, 7) is 2.51. The van der Waals surface area contributed by atoms with Crippen LogP contribution in [-0.4, -0.2) is 34.7 Å². The second kappa shape index (κ2) is 7.89. The van der Waals surface area contributed by atoms with Gasteiger partial charge in [0.15, 0.2) is 0 Å². The van der Waals surface area contributed by atoms with Gasteiger partial charge in [0.25, 0.3) is 0 Å². The fourth-order valence-electron chi connectivity index (χ4n) is 2.42. The fourth-order valence-corrected chi connectivity index (χ4v) is 3.54. The maximum atomic E-state index is 12.2. The number of hydrogen-bond acceptors (Lipinski definition) is 4. The van der Waals surface area contributed by atoms with Gasteiger partial charge in [0.05, 0.1) is 11.5 Å². The average molecular weight is 312 g/mol. The van der Waals surface area contributed by atoms with Crippen molar-refractivity contribution in [3.05, 3.63) is 29.8 Å². The third-order valence-electron chi connectivity index (χ3n) is 3.72. The Balaban J connectivity index is 1.91. The molecule has 0 saturated carbocycles. The van der Waals surface area contributed by atoms with Crippen molar-refractivity contribution in [3.8, 4) is 0 Å². The number of hydrogen-bond donors (Lipinski definition) is 2. The van der Waals surface area contributed by atoms with Gasteiger partial charge < -0.3 is 10.5 Å². The third kappa shape index (κ3) is 5.07. The van der Waals surface area contributed by atoms with Crippen molar-refractivity contribution in [2.24, 2.45) is 11.7 Å². The van der Waals surface area contributed by atoms with Crippen molar-refractivity contribution in [3.63, 3.8) is 0 Å². The standard InChI is InChI=1S/C15H24N2O3S/c16-9-1-3-13-5-7-15(8-6-13)21(18,19)17-11-14-4-2-10-20-12-14/h5-8,14,17H,1-4,9-12,16H2. The first-order valence-corrected chi connectivity index (χ1v) is 8.96. The first-order chi connectivity index (χ1) is 10.1. The normalized spacial score (nSPS) is 19.6. The molecule has 1 aromatic carbocycles. The topological polar surface area (TPSA) is 81.4 Å². The summed E-state index contributed by atoms with van der Waals surface area (Å²) in [6.07, 6.45) is 3.80. The lowest BCUT2D eigenvalue weighted by Gasteiger charge is -2.22. The molecule has 2 rings (SSSR count). The first-order valence-electron chi connectivity index (χ1n) is 7.48. The molecule has 1 atom stereocenters. The Morgan fingerprint density at radius 3 is 2.67 bits per heavy atom. The van der Waals surface area contributed by atoms with E-state index in [1.165, 1.54) is 0 Å². The SMILES string of the molecule is NCCCc1ccc(S(=O)(=O)NCC2CCCOC2)cc1. The van der Waals surface area contributed by atoms with E-state index in [9.17, 15) is 8.42 Å². The number of sulfonamides is 1. The summed E-state index contributed by atoms with van der Waals surface area (Å²) in [5, 5.41) is 0. The van der Waals surface area contributed by atoms with Crippen molar-refractivity contribution in [2.45, 2.75) is 30.6 Å². The number of ether oxygens (including phenoxy) is 1. The van der Waals surface area contributed by atoms with Crippen LogP contribution >= 0.6 is 0 Å². The molecular formula is C15H24N2O3S. The minimum absolute atomic E-state index is 0.275. The molecule has 1 saturated heterocycles. The van der Waals surface area contributed by atoms with Crippen molar-refractivity contribution < 1.29 is 13.2 Å². The molecule has 1 unspecified atom stereocenters. The van der Waals surface area contributed by atoms with Crippen molar-refractivity contribution in [1.82, 2.24) is 4.72 Å². The van der Waals surface area contributed by atoms with Crippen molar-refractivity contribution in [1.29, 1.82) is 0 Å². The summed E-state index contributed by atoms with van der Waals surface area (Å²) >= 11 is 0. The Morgan fingerprint density at radius 2 is 2.05 bits per heavy atom. The maximum Gasteiger partial charge on any atom is 0.240 e. The predicted molar refractivity (Wildman–Crippen MR) is 82.5 cm³/mol. The summed E-state index contributed by atoms with van der Waals surface area (Å²) in [7, 11) is -3.43. The lowest BCUT2D eigenvalue weighted by atomic mass is 10.0. The molecular weight excluding hydrogens is 288 g/mol. The summed E-state index contributed by atoms with van der Waals surface area (Å²) < 4.78 is 32.5. The molecule has 1 aliphatic heterocycles. The van der Waals surface area contributed by atoms with Crippen LogP contribution in [0.4, 0.5) is 0 Å². The average Bonchev–Trinajstić information content (AvgIpc) is 2.52. The maximum absolute atomic E-state index is 12.2. The summed E-state index contributed by atoms with van der Waals surface area (Å²) in [4.78, 5) is 0.315. The molecule has 1 heterocycles. The Hall–Kier alpha value is -0.950. The molecule has 21 heavy (non-hydrogen) atoms. The zero-order valence-corrected chi connectivity index (χ0v) is 13.1. The van der Waals surface area contributed by atoms with Crippen LogP contribution in [0.15, 0.2) is 29.2 Å². The second-order valence-electron chi connectivity index (χ2n) is 5.47. The zero-order chi connectivity index (χ0) is 15.1. The lowest BCUT2D eigenvalue weighted by molar-refractivity contribution is 0.0568. The van der Waals surface area contributed by atoms with Crippen LogP contribution in [0.5, 0.6) is 0 Å². The van der Waals surface area contributed by atoms with Crippen LogP contribution in [0.1, 0.15) is 24.8 Å². The number of benzene rings is 1. The molecule has 5 nitrogen and oxygen atoms in total. The van der Waals surface area contributed by atoms with Crippen LogP contribution in [-0.2, 0) is 21.2 Å². The van der Waals surface area contributed by atoms with E-state index in [0.717, 1.165) is 37.9 Å². The van der Waals surface area contributed by atoms with Crippen molar-refractivity contribution in [2.75, 3.05) is 26.3 Å². The van der Waals surface area contributed by atoms with Gasteiger partial charge >= 0.3 is 0 Å². The highest BCUT2D eigenvalue weighted by Crippen LogP contribution is 2.15. The van der Waals surface area contributed by atoms with Gasteiger partial charge in [-0.05, 0) is 55.8 Å². The van der Waals surface area contributed by atoms with E-state index in [4.69, 9.17) is 10.5 Å². The van der Waals surface area contributed by atoms with Crippen molar-refractivity contribution >= 4 is 10.0 Å². The van der Waals surface area contributed by atoms with E-state index in [-0.39, 0.29) is 5.92 Å². The Morgan fingerprint density at radius 1 is 1.29 bits per heavy atom. The van der Waals surface area contributed by atoms with Crippen LogP contribution < -0.4 is 10.5 Å². The van der Waals surface area contributed by atoms with Gasteiger partial charge in [0, 0.05) is 13.2 Å². The molecule has 1 fully saturated rings. The van der Waals surface area contributed by atoms with Gasteiger partial charge in [-0.2, -0.15) is 0 Å². The van der Waals surface area contributed by atoms with E-state index < -0.39 is 10.0 Å². The second-order valence-corrected chi connectivity index (χ2v) is 7.24. The van der Waals surface area contributed by atoms with Crippen LogP contribution in [0.3, 0.4) is 0 Å². The minimum atomic E-state index is -3.43. The molecule has 0 bridgehead atoms. The van der Waals surface area contributed by atoms with E-state index in [1.807, 2.05) is 12.1 Å². The van der Waals surface area contributed by atoms with E-state index in [2.05, 4.69) is 4.72 Å².